The zero-order valence-corrected chi connectivity index (χ0v) is 27.9. The van der Waals surface area contributed by atoms with Gasteiger partial charge in [-0.05, 0) is 36.8 Å². The third-order valence-corrected chi connectivity index (χ3v) is 7.47. The number of aromatic nitrogens is 4. The van der Waals surface area contributed by atoms with Crippen LogP contribution in [0.1, 0.15) is 39.3 Å². The predicted molar refractivity (Wildman–Crippen MR) is 185 cm³/mol. The molecule has 0 bridgehead atoms. The van der Waals surface area contributed by atoms with E-state index < -0.39 is 16.4 Å². The topological polar surface area (TPSA) is 258 Å². The van der Waals surface area contributed by atoms with Crippen molar-refractivity contribution in [1.82, 2.24) is 35.9 Å². The van der Waals surface area contributed by atoms with Crippen LogP contribution >= 0.6 is 12.1 Å². The van der Waals surface area contributed by atoms with Crippen LogP contribution in [0.4, 0.5) is 21.2 Å². The molecule has 51 heavy (non-hydrogen) atoms. The molecule has 0 atom stereocenters. The molecule has 0 radical (unpaired) electrons. The number of ether oxygens (including phenoxy) is 2. The number of carbonyl (C=O) groups excluding carboxylic acids is 3. The molecule has 7 N–H and O–H groups in total. The normalized spacial score (nSPS) is 10.8. The van der Waals surface area contributed by atoms with Crippen molar-refractivity contribution in [2.45, 2.75) is 24.3 Å². The van der Waals surface area contributed by atoms with Gasteiger partial charge in [-0.2, -0.15) is 8.87 Å². The summed E-state index contributed by atoms with van der Waals surface area (Å²) < 4.78 is 23.8. The molecular weight excluding hydrogens is 691 g/mol. The van der Waals surface area contributed by atoms with Gasteiger partial charge in [0.1, 0.15) is 0 Å². The minimum absolute atomic E-state index is 0.0297. The molecule has 0 fully saturated rings. The van der Waals surface area contributed by atoms with Gasteiger partial charge in [0.05, 0.1) is 72.4 Å². The third kappa shape index (κ3) is 12.0. The van der Waals surface area contributed by atoms with Crippen LogP contribution < -0.4 is 32.6 Å². The van der Waals surface area contributed by atoms with Crippen LogP contribution in [0.15, 0.2) is 58.4 Å². The smallest absolute Gasteiger partial charge is 0.280 e. The van der Waals surface area contributed by atoms with Gasteiger partial charge < -0.3 is 36.5 Å². The van der Waals surface area contributed by atoms with E-state index in [9.17, 15) is 33.2 Å². The number of carbonyl (C=O) groups is 3. The van der Waals surface area contributed by atoms with Gasteiger partial charge in [-0.1, -0.05) is 0 Å². The van der Waals surface area contributed by atoms with Crippen molar-refractivity contribution in [3.63, 3.8) is 0 Å². The molecule has 2 aromatic carbocycles. The number of benzene rings is 2. The lowest BCUT2D eigenvalue weighted by Gasteiger charge is -2.09. The number of rotatable bonds is 20. The second-order valence-electron chi connectivity index (χ2n) is 10.6. The Morgan fingerprint density at radius 2 is 1.65 bits per heavy atom. The third-order valence-electron chi connectivity index (χ3n) is 6.95. The van der Waals surface area contributed by atoms with Crippen molar-refractivity contribution in [3.05, 3.63) is 86.0 Å². The molecule has 4 rings (SSSR count). The molecule has 0 unspecified atom stereocenters. The lowest BCUT2D eigenvalue weighted by atomic mass is 10.2. The molecule has 0 aliphatic carbocycles. The Morgan fingerprint density at radius 3 is 2.35 bits per heavy atom. The van der Waals surface area contributed by atoms with E-state index in [0.717, 1.165) is 17.8 Å². The quantitative estimate of drug-likeness (QED) is 0.0432. The largest absolute Gasteiger partial charge is 0.379 e. The van der Waals surface area contributed by atoms with E-state index in [0.29, 0.717) is 24.2 Å². The summed E-state index contributed by atoms with van der Waals surface area (Å²) in [6.45, 7) is 1.85. The number of hydrogen-bond donors (Lipinski definition) is 6. The molecule has 4 aromatic rings. The maximum absolute atomic E-state index is 13.1. The highest BCUT2D eigenvalue weighted by Gasteiger charge is 2.17. The lowest BCUT2D eigenvalue weighted by Crippen LogP contribution is -2.30. The van der Waals surface area contributed by atoms with E-state index >= 15 is 0 Å². The molecule has 270 valence electrons. The number of H-pyrrole nitrogens is 1. The predicted octanol–water partition coefficient (Wildman–Crippen LogP) is 1.88. The number of fused-ring (bicyclic) bond motifs is 1. The fraction of sp³-hybridized carbons (Fsp3) is 0.323. The van der Waals surface area contributed by atoms with Crippen LogP contribution in [-0.4, -0.2) is 88.6 Å². The molecule has 0 spiro atoms. The summed E-state index contributed by atoms with van der Waals surface area (Å²) in [7, 11) is 0. The molecule has 2 heterocycles. The average Bonchev–Trinajstić information content (AvgIpc) is 3.13. The number of amides is 3. The molecule has 0 saturated heterocycles. The number of halogens is 1. The van der Waals surface area contributed by atoms with Gasteiger partial charge in [0, 0.05) is 49.4 Å². The number of nitrogen functional groups attached to an aromatic ring is 1. The number of nitro groups is 1. The first kappa shape index (κ1) is 38.1. The first-order valence-corrected chi connectivity index (χ1v) is 16.3. The SMILES string of the molecule is Nc1nc2ncc(CNc3ccc(C(=O)NCCCC(=O)NCCOCCOCCNC(=O)c4cc([N+](=O)[O-])ccc4SF)cc3)nc2c(=O)[nH]1. The van der Waals surface area contributed by atoms with Gasteiger partial charge in [0.2, 0.25) is 11.9 Å². The highest BCUT2D eigenvalue weighted by atomic mass is 32.2. The Hall–Kier alpha value is -5.73. The minimum Gasteiger partial charge on any atom is -0.379 e. The second kappa shape index (κ2) is 19.5. The molecule has 0 aliphatic rings. The number of hydrogen-bond acceptors (Lipinski definition) is 14. The van der Waals surface area contributed by atoms with Gasteiger partial charge in [0.15, 0.2) is 11.2 Å². The van der Waals surface area contributed by atoms with Crippen LogP contribution in [0.5, 0.6) is 0 Å². The van der Waals surface area contributed by atoms with Crippen LogP contribution in [0.25, 0.3) is 11.2 Å². The maximum atomic E-state index is 13.1. The molecule has 20 heteroatoms. The zero-order valence-electron chi connectivity index (χ0n) is 27.1. The Balaban J connectivity index is 1.00. The molecule has 18 nitrogen and oxygen atoms in total. The molecule has 0 aliphatic heterocycles. The number of aromatic amines is 1. The molecule has 0 saturated carbocycles. The van der Waals surface area contributed by atoms with Gasteiger partial charge in [0.25, 0.3) is 23.1 Å². The van der Waals surface area contributed by atoms with E-state index in [4.69, 9.17) is 15.2 Å². The van der Waals surface area contributed by atoms with Crippen molar-refractivity contribution >= 4 is 58.4 Å². The fourth-order valence-electron chi connectivity index (χ4n) is 4.42. The molecule has 3 amide bonds. The van der Waals surface area contributed by atoms with Gasteiger partial charge in [-0.25, -0.2) is 9.97 Å². The first-order valence-electron chi connectivity index (χ1n) is 15.6. The number of nitrogens with two attached hydrogens (primary N) is 1. The van der Waals surface area contributed by atoms with Crippen molar-refractivity contribution < 1.29 is 32.7 Å². The Morgan fingerprint density at radius 1 is 0.941 bits per heavy atom. The fourth-order valence-corrected chi connectivity index (χ4v) is 4.78. The number of non-ortho nitro benzene ring substituents is 1. The number of nitrogens with zero attached hydrogens (tertiary/aromatic N) is 4. The van der Waals surface area contributed by atoms with E-state index in [1.165, 1.54) is 12.3 Å². The number of nitro benzene ring substituents is 1. The summed E-state index contributed by atoms with van der Waals surface area (Å²) in [6, 6.07) is 10.1. The summed E-state index contributed by atoms with van der Waals surface area (Å²) in [4.78, 5) is 73.8. The average molecular weight is 727 g/mol. The van der Waals surface area contributed by atoms with Crippen molar-refractivity contribution in [3.8, 4) is 0 Å². The standard InChI is InChI=1S/C31H35FN10O8S/c32-51-24-8-7-22(42(47)48)16-23(24)29(45)36-11-13-50-15-14-49-12-10-34-25(43)2-1-9-35-28(44)19-3-5-20(6-4-19)37-17-21-18-38-27-26(39-21)30(46)41-31(33)40-27/h3-8,16,18,37H,1-2,9-15,17H2,(H,34,43)(H,35,44)(H,36,45)(H3,33,38,40,41,46). The summed E-state index contributed by atoms with van der Waals surface area (Å²) in [6.07, 6.45) is 2.15. The summed E-state index contributed by atoms with van der Waals surface area (Å²) in [5, 5.41) is 22.1. The highest BCUT2D eigenvalue weighted by molar-refractivity contribution is 7.94. The van der Waals surface area contributed by atoms with E-state index in [-0.39, 0.29) is 110 Å². The Bertz CT molecular complexity index is 1900. The zero-order chi connectivity index (χ0) is 36.6. The second-order valence-corrected chi connectivity index (χ2v) is 11.2. The van der Waals surface area contributed by atoms with Gasteiger partial charge in [-0.15, -0.1) is 0 Å². The number of anilines is 2. The Labute approximate surface area is 293 Å². The van der Waals surface area contributed by atoms with Crippen molar-refractivity contribution in [2.75, 3.05) is 57.1 Å². The van der Waals surface area contributed by atoms with Crippen molar-refractivity contribution in [2.24, 2.45) is 0 Å². The van der Waals surface area contributed by atoms with Crippen LogP contribution in [-0.2, 0) is 20.8 Å². The van der Waals surface area contributed by atoms with Gasteiger partial charge in [-0.3, -0.25) is 34.3 Å². The molecule has 2 aromatic heterocycles. The highest BCUT2D eigenvalue weighted by Crippen LogP contribution is 2.27. The van der Waals surface area contributed by atoms with Crippen LogP contribution in [0, 0.1) is 10.1 Å². The van der Waals surface area contributed by atoms with E-state index in [1.807, 2.05) is 0 Å². The minimum atomic E-state index is -0.668. The molecular formula is C31H35FN10O8S. The van der Waals surface area contributed by atoms with Crippen molar-refractivity contribution in [1.29, 1.82) is 0 Å². The van der Waals surface area contributed by atoms with E-state index in [1.54, 1.807) is 24.3 Å². The Kier molecular flexibility index (Phi) is 14.5. The van der Waals surface area contributed by atoms with Crippen LogP contribution in [0.3, 0.4) is 0 Å². The van der Waals surface area contributed by atoms with Gasteiger partial charge >= 0.3 is 0 Å². The number of nitrogens with one attached hydrogen (secondary N) is 5. The van der Waals surface area contributed by atoms with E-state index in [2.05, 4.69) is 41.2 Å². The monoisotopic (exact) mass is 726 g/mol. The summed E-state index contributed by atoms with van der Waals surface area (Å²) in [5.41, 5.74) is 6.51. The maximum Gasteiger partial charge on any atom is 0.280 e. The first-order chi connectivity index (χ1) is 24.6. The lowest BCUT2D eigenvalue weighted by molar-refractivity contribution is -0.384. The summed E-state index contributed by atoms with van der Waals surface area (Å²) in [5.74, 6) is -1.16. The van der Waals surface area contributed by atoms with Crippen LogP contribution in [0.2, 0.25) is 0 Å². The summed E-state index contributed by atoms with van der Waals surface area (Å²) >= 11 is -0.176.